The molecule has 3 aromatic rings. The number of halogens is 1. The van der Waals surface area contributed by atoms with Crippen molar-refractivity contribution in [1.29, 1.82) is 0 Å². The molecular weight excluding hydrogens is 352 g/mol. The number of nitrogens with zero attached hydrogens (tertiary/aromatic N) is 2. The predicted octanol–water partition coefficient (Wildman–Crippen LogP) is 4.85. The second-order valence-corrected chi connectivity index (χ2v) is 6.28. The van der Waals surface area contributed by atoms with E-state index in [1.54, 1.807) is 30.0 Å². The molecule has 0 aliphatic rings. The van der Waals surface area contributed by atoms with Gasteiger partial charge < -0.3 is 9.84 Å². The molecular formula is C20H19ClN2O3. The van der Waals surface area contributed by atoms with Crippen molar-refractivity contribution in [2.75, 3.05) is 7.11 Å². The first-order chi connectivity index (χ1) is 12.5. The predicted molar refractivity (Wildman–Crippen MR) is 102 cm³/mol. The third-order valence-corrected chi connectivity index (χ3v) is 4.35. The Morgan fingerprint density at radius 2 is 1.96 bits per heavy atom. The Balaban J connectivity index is 2.25. The Bertz CT molecular complexity index is 933. The zero-order chi connectivity index (χ0) is 18.7. The van der Waals surface area contributed by atoms with Crippen LogP contribution in [0.5, 0.6) is 5.75 Å². The van der Waals surface area contributed by atoms with Crippen LogP contribution in [0.15, 0.2) is 48.5 Å². The standard InChI is InChI=1S/C20H19ClN2O3/c1-3-5-17-18(20(24)25)19(13-6-4-7-16(12-13)26-2)22-23(17)15-10-8-14(21)9-11-15/h4,6-12H,3,5H2,1-2H3,(H,24,25). The van der Waals surface area contributed by atoms with Gasteiger partial charge in [-0.05, 0) is 42.8 Å². The number of hydrogen-bond acceptors (Lipinski definition) is 3. The van der Waals surface area contributed by atoms with Gasteiger partial charge in [0, 0.05) is 10.6 Å². The number of benzene rings is 2. The Kier molecular flexibility index (Phi) is 5.28. The minimum atomic E-state index is -0.994. The van der Waals surface area contributed by atoms with E-state index in [1.807, 2.05) is 37.3 Å². The van der Waals surface area contributed by atoms with E-state index in [2.05, 4.69) is 5.10 Å². The number of carbonyl (C=O) groups is 1. The quantitative estimate of drug-likeness (QED) is 0.673. The first-order valence-corrected chi connectivity index (χ1v) is 8.68. The fourth-order valence-corrected chi connectivity index (χ4v) is 3.04. The lowest BCUT2D eigenvalue weighted by molar-refractivity contribution is 0.0696. The Hall–Kier alpha value is -2.79. The SMILES string of the molecule is CCCc1c(C(=O)O)c(-c2cccc(OC)c2)nn1-c1ccc(Cl)cc1. The van der Waals surface area contributed by atoms with Crippen molar-refractivity contribution >= 4 is 17.6 Å². The molecule has 0 radical (unpaired) electrons. The molecule has 3 rings (SSSR count). The van der Waals surface area contributed by atoms with Crippen LogP contribution in [0.25, 0.3) is 16.9 Å². The lowest BCUT2D eigenvalue weighted by Crippen LogP contribution is -2.06. The van der Waals surface area contributed by atoms with Gasteiger partial charge in [-0.1, -0.05) is 37.1 Å². The van der Waals surface area contributed by atoms with E-state index in [4.69, 9.17) is 16.3 Å². The number of rotatable bonds is 6. The Morgan fingerprint density at radius 3 is 2.58 bits per heavy atom. The number of aromatic carboxylic acids is 1. The van der Waals surface area contributed by atoms with E-state index in [9.17, 15) is 9.90 Å². The highest BCUT2D eigenvalue weighted by Crippen LogP contribution is 2.31. The van der Waals surface area contributed by atoms with Crippen LogP contribution in [0.3, 0.4) is 0 Å². The van der Waals surface area contributed by atoms with Crippen molar-refractivity contribution in [3.05, 3.63) is 64.8 Å². The van der Waals surface area contributed by atoms with Gasteiger partial charge in [0.05, 0.1) is 18.5 Å². The third-order valence-electron chi connectivity index (χ3n) is 4.10. The van der Waals surface area contributed by atoms with Gasteiger partial charge in [-0.2, -0.15) is 5.10 Å². The number of carboxylic acid groups (broad SMARTS) is 1. The number of hydrogen-bond donors (Lipinski definition) is 1. The first-order valence-electron chi connectivity index (χ1n) is 8.30. The molecule has 2 aromatic carbocycles. The maximum absolute atomic E-state index is 12.0. The van der Waals surface area contributed by atoms with E-state index >= 15 is 0 Å². The molecule has 0 atom stereocenters. The summed E-state index contributed by atoms with van der Waals surface area (Å²) in [6.07, 6.45) is 1.40. The molecule has 0 spiro atoms. The molecule has 0 unspecified atom stereocenters. The summed E-state index contributed by atoms with van der Waals surface area (Å²) in [5, 5.41) is 15.1. The van der Waals surface area contributed by atoms with Gasteiger partial charge in [0.2, 0.25) is 0 Å². The van der Waals surface area contributed by atoms with E-state index < -0.39 is 5.97 Å². The zero-order valence-electron chi connectivity index (χ0n) is 14.6. The number of carboxylic acids is 1. The van der Waals surface area contributed by atoms with E-state index in [0.29, 0.717) is 34.1 Å². The summed E-state index contributed by atoms with van der Waals surface area (Å²) < 4.78 is 6.95. The molecule has 0 bridgehead atoms. The fraction of sp³-hybridized carbons (Fsp3) is 0.200. The molecule has 0 saturated carbocycles. The topological polar surface area (TPSA) is 64.3 Å². The van der Waals surface area contributed by atoms with Gasteiger partial charge in [0.25, 0.3) is 0 Å². The van der Waals surface area contributed by atoms with Crippen LogP contribution in [-0.4, -0.2) is 28.0 Å². The summed E-state index contributed by atoms with van der Waals surface area (Å²) in [5.74, 6) is -0.344. The van der Waals surface area contributed by atoms with Crippen LogP contribution in [0.1, 0.15) is 29.4 Å². The molecule has 5 nitrogen and oxygen atoms in total. The maximum Gasteiger partial charge on any atom is 0.339 e. The number of aromatic nitrogens is 2. The molecule has 1 N–H and O–H groups in total. The largest absolute Gasteiger partial charge is 0.497 e. The minimum Gasteiger partial charge on any atom is -0.497 e. The molecule has 26 heavy (non-hydrogen) atoms. The first kappa shape index (κ1) is 18.0. The lowest BCUT2D eigenvalue weighted by Gasteiger charge is -2.07. The summed E-state index contributed by atoms with van der Waals surface area (Å²) >= 11 is 5.98. The molecule has 0 aliphatic carbocycles. The van der Waals surface area contributed by atoms with Gasteiger partial charge in [-0.3, -0.25) is 0 Å². The van der Waals surface area contributed by atoms with E-state index in [-0.39, 0.29) is 5.56 Å². The molecule has 0 fully saturated rings. The molecule has 0 saturated heterocycles. The van der Waals surface area contributed by atoms with Crippen LogP contribution in [0.2, 0.25) is 5.02 Å². The van der Waals surface area contributed by atoms with Gasteiger partial charge in [0.15, 0.2) is 0 Å². The number of ether oxygens (including phenoxy) is 1. The Labute approximate surface area is 156 Å². The minimum absolute atomic E-state index is 0.218. The van der Waals surface area contributed by atoms with Crippen molar-refractivity contribution < 1.29 is 14.6 Å². The molecule has 1 heterocycles. The van der Waals surface area contributed by atoms with Crippen molar-refractivity contribution in [2.45, 2.75) is 19.8 Å². The molecule has 1 aromatic heterocycles. The summed E-state index contributed by atoms with van der Waals surface area (Å²) in [7, 11) is 1.58. The summed E-state index contributed by atoms with van der Waals surface area (Å²) in [4.78, 5) is 12.0. The maximum atomic E-state index is 12.0. The number of methoxy groups -OCH3 is 1. The molecule has 6 heteroatoms. The summed E-state index contributed by atoms with van der Waals surface area (Å²) in [6, 6.07) is 14.4. The normalized spacial score (nSPS) is 10.7. The second kappa shape index (κ2) is 7.62. The van der Waals surface area contributed by atoms with Crippen LogP contribution in [0, 0.1) is 0 Å². The monoisotopic (exact) mass is 370 g/mol. The van der Waals surface area contributed by atoms with Gasteiger partial charge in [-0.15, -0.1) is 0 Å². The van der Waals surface area contributed by atoms with E-state index in [1.165, 1.54) is 0 Å². The molecule has 134 valence electrons. The second-order valence-electron chi connectivity index (χ2n) is 5.85. The summed E-state index contributed by atoms with van der Waals surface area (Å²) in [5.41, 5.74) is 2.78. The zero-order valence-corrected chi connectivity index (χ0v) is 15.3. The molecule has 0 amide bonds. The fourth-order valence-electron chi connectivity index (χ4n) is 2.91. The van der Waals surface area contributed by atoms with Crippen molar-refractivity contribution in [3.63, 3.8) is 0 Å². The highest BCUT2D eigenvalue weighted by Gasteiger charge is 2.24. The van der Waals surface area contributed by atoms with Crippen molar-refractivity contribution in [3.8, 4) is 22.7 Å². The van der Waals surface area contributed by atoms with Crippen LogP contribution < -0.4 is 4.74 Å². The Morgan fingerprint density at radius 1 is 1.23 bits per heavy atom. The van der Waals surface area contributed by atoms with Crippen molar-refractivity contribution in [2.24, 2.45) is 0 Å². The van der Waals surface area contributed by atoms with E-state index in [0.717, 1.165) is 12.1 Å². The average molecular weight is 371 g/mol. The highest BCUT2D eigenvalue weighted by molar-refractivity contribution is 6.30. The van der Waals surface area contributed by atoms with Gasteiger partial charge in [0.1, 0.15) is 17.0 Å². The van der Waals surface area contributed by atoms with Gasteiger partial charge in [-0.25, -0.2) is 9.48 Å². The lowest BCUT2D eigenvalue weighted by atomic mass is 10.0. The van der Waals surface area contributed by atoms with Crippen molar-refractivity contribution in [1.82, 2.24) is 9.78 Å². The van der Waals surface area contributed by atoms with Crippen LogP contribution >= 0.6 is 11.6 Å². The van der Waals surface area contributed by atoms with Gasteiger partial charge >= 0.3 is 5.97 Å². The third kappa shape index (κ3) is 3.44. The van der Waals surface area contributed by atoms with Crippen LogP contribution in [-0.2, 0) is 6.42 Å². The smallest absolute Gasteiger partial charge is 0.339 e. The average Bonchev–Trinajstić information content (AvgIpc) is 3.02. The molecule has 0 aliphatic heterocycles. The summed E-state index contributed by atoms with van der Waals surface area (Å²) in [6.45, 7) is 2.01. The van der Waals surface area contributed by atoms with Crippen LogP contribution in [0.4, 0.5) is 0 Å². The highest BCUT2D eigenvalue weighted by atomic mass is 35.5.